The zero-order valence-electron chi connectivity index (χ0n) is 10.7. The largest absolute Gasteiger partial charge is 0.383 e. The van der Waals surface area contributed by atoms with E-state index in [-0.39, 0.29) is 11.5 Å². The van der Waals surface area contributed by atoms with Crippen molar-refractivity contribution in [2.75, 3.05) is 40.4 Å². The van der Waals surface area contributed by atoms with Gasteiger partial charge in [0, 0.05) is 44.6 Å². The summed E-state index contributed by atoms with van der Waals surface area (Å²) in [6.45, 7) is 2.75. The van der Waals surface area contributed by atoms with Gasteiger partial charge in [0.1, 0.15) is 0 Å². The van der Waals surface area contributed by atoms with Gasteiger partial charge in [-0.15, -0.1) is 0 Å². The van der Waals surface area contributed by atoms with Gasteiger partial charge in [0.05, 0.1) is 6.61 Å². The van der Waals surface area contributed by atoms with E-state index in [9.17, 15) is 9.59 Å². The Balaban J connectivity index is 2.31. The number of amides is 1. The van der Waals surface area contributed by atoms with E-state index in [1.807, 2.05) is 7.05 Å². The van der Waals surface area contributed by atoms with Crippen molar-refractivity contribution in [3.8, 4) is 0 Å². The fraction of sp³-hybridized carbons (Fsp3) is 0.500. The molecule has 0 unspecified atom stereocenters. The van der Waals surface area contributed by atoms with Gasteiger partial charge in [-0.1, -0.05) is 0 Å². The van der Waals surface area contributed by atoms with Gasteiger partial charge in [0.25, 0.3) is 5.91 Å². The lowest BCUT2D eigenvalue weighted by atomic mass is 10.2. The average molecular weight is 253 g/mol. The molecule has 1 rings (SSSR count). The number of rotatable bonds is 7. The smallest absolute Gasteiger partial charge is 0.251 e. The van der Waals surface area contributed by atoms with Crippen LogP contribution in [0.15, 0.2) is 23.1 Å². The van der Waals surface area contributed by atoms with Gasteiger partial charge < -0.3 is 19.9 Å². The number of hydrogen-bond donors (Lipinski definition) is 2. The lowest BCUT2D eigenvalue weighted by Crippen LogP contribution is -2.34. The highest BCUT2D eigenvalue weighted by atomic mass is 16.5. The summed E-state index contributed by atoms with van der Waals surface area (Å²) in [5, 5.41) is 2.76. The standard InChI is InChI=1S/C12H19N3O3/c1-15(7-8-18-2)6-5-14-12(17)10-3-4-13-11(16)9-10/h3-4,9H,5-8H2,1-2H3,(H,13,16)(H,14,17). The molecule has 1 amide bonds. The first-order valence-corrected chi connectivity index (χ1v) is 5.78. The van der Waals surface area contributed by atoms with Crippen LogP contribution in [-0.4, -0.2) is 56.2 Å². The fourth-order valence-corrected chi connectivity index (χ4v) is 1.41. The van der Waals surface area contributed by atoms with Crippen LogP contribution in [-0.2, 0) is 4.74 Å². The highest BCUT2D eigenvalue weighted by molar-refractivity contribution is 5.93. The Morgan fingerprint density at radius 2 is 2.28 bits per heavy atom. The summed E-state index contributed by atoms with van der Waals surface area (Å²) in [6.07, 6.45) is 1.46. The number of aromatic nitrogens is 1. The summed E-state index contributed by atoms with van der Waals surface area (Å²) in [5.74, 6) is -0.235. The van der Waals surface area contributed by atoms with Crippen molar-refractivity contribution in [1.29, 1.82) is 0 Å². The maximum atomic E-state index is 11.7. The van der Waals surface area contributed by atoms with E-state index in [1.54, 1.807) is 13.2 Å². The maximum absolute atomic E-state index is 11.7. The van der Waals surface area contributed by atoms with Gasteiger partial charge in [0.2, 0.25) is 5.56 Å². The minimum Gasteiger partial charge on any atom is -0.383 e. The highest BCUT2D eigenvalue weighted by Gasteiger charge is 2.05. The molecule has 0 saturated heterocycles. The first-order chi connectivity index (χ1) is 8.63. The van der Waals surface area contributed by atoms with Crippen molar-refractivity contribution in [2.24, 2.45) is 0 Å². The molecule has 0 aliphatic heterocycles. The number of aromatic amines is 1. The minimum absolute atomic E-state index is 0.235. The minimum atomic E-state index is -0.278. The van der Waals surface area contributed by atoms with Crippen molar-refractivity contribution < 1.29 is 9.53 Å². The number of carbonyl (C=O) groups excluding carboxylic acids is 1. The van der Waals surface area contributed by atoms with Crippen molar-refractivity contribution in [3.63, 3.8) is 0 Å². The Morgan fingerprint density at radius 1 is 1.50 bits per heavy atom. The molecule has 0 saturated carbocycles. The summed E-state index contributed by atoms with van der Waals surface area (Å²) in [5.41, 5.74) is 0.0955. The summed E-state index contributed by atoms with van der Waals surface area (Å²) in [6, 6.07) is 2.86. The molecule has 1 heterocycles. The Labute approximate surface area is 106 Å². The van der Waals surface area contributed by atoms with Crippen LogP contribution < -0.4 is 10.9 Å². The number of pyridine rings is 1. The molecule has 0 radical (unpaired) electrons. The van der Waals surface area contributed by atoms with E-state index in [2.05, 4.69) is 15.2 Å². The molecule has 0 atom stereocenters. The van der Waals surface area contributed by atoms with Gasteiger partial charge in [-0.05, 0) is 13.1 Å². The molecule has 0 bridgehead atoms. The summed E-state index contributed by atoms with van der Waals surface area (Å²) >= 11 is 0. The zero-order chi connectivity index (χ0) is 13.4. The molecule has 2 N–H and O–H groups in total. The van der Waals surface area contributed by atoms with Crippen LogP contribution in [0.3, 0.4) is 0 Å². The molecule has 6 heteroatoms. The number of nitrogens with one attached hydrogen (secondary N) is 2. The molecular formula is C12H19N3O3. The normalized spacial score (nSPS) is 10.6. The Bertz CT molecular complexity index is 431. The number of carbonyl (C=O) groups is 1. The third kappa shape index (κ3) is 5.11. The highest BCUT2D eigenvalue weighted by Crippen LogP contribution is 1.92. The van der Waals surface area contributed by atoms with E-state index in [4.69, 9.17) is 4.74 Å². The van der Waals surface area contributed by atoms with Gasteiger partial charge >= 0.3 is 0 Å². The quantitative estimate of drug-likeness (QED) is 0.698. The number of hydrogen-bond acceptors (Lipinski definition) is 4. The van der Waals surface area contributed by atoms with Crippen LogP contribution in [0.5, 0.6) is 0 Å². The molecule has 6 nitrogen and oxygen atoms in total. The monoisotopic (exact) mass is 253 g/mol. The van der Waals surface area contributed by atoms with Gasteiger partial charge in [-0.3, -0.25) is 9.59 Å². The third-order valence-electron chi connectivity index (χ3n) is 2.49. The Kier molecular flexibility index (Phi) is 6.10. The molecule has 0 spiro atoms. The first kappa shape index (κ1) is 14.4. The predicted octanol–water partition coefficient (Wildman–Crippen LogP) is -0.317. The zero-order valence-corrected chi connectivity index (χ0v) is 10.7. The number of nitrogens with zero attached hydrogens (tertiary/aromatic N) is 1. The molecule has 0 fully saturated rings. The molecule has 1 aromatic heterocycles. The second kappa shape index (κ2) is 7.62. The molecule has 18 heavy (non-hydrogen) atoms. The third-order valence-corrected chi connectivity index (χ3v) is 2.49. The van der Waals surface area contributed by atoms with Crippen LogP contribution in [0.2, 0.25) is 0 Å². The lowest BCUT2D eigenvalue weighted by Gasteiger charge is -2.16. The van der Waals surface area contributed by atoms with Crippen LogP contribution in [0.4, 0.5) is 0 Å². The van der Waals surface area contributed by atoms with Crippen molar-refractivity contribution >= 4 is 5.91 Å². The fourth-order valence-electron chi connectivity index (χ4n) is 1.41. The maximum Gasteiger partial charge on any atom is 0.251 e. The molecule has 0 aliphatic rings. The topological polar surface area (TPSA) is 74.4 Å². The summed E-state index contributed by atoms with van der Waals surface area (Å²) in [4.78, 5) is 27.2. The number of methoxy groups -OCH3 is 1. The number of H-pyrrole nitrogens is 1. The second-order valence-corrected chi connectivity index (χ2v) is 3.99. The first-order valence-electron chi connectivity index (χ1n) is 5.78. The molecular weight excluding hydrogens is 234 g/mol. The lowest BCUT2D eigenvalue weighted by molar-refractivity contribution is 0.0947. The second-order valence-electron chi connectivity index (χ2n) is 3.99. The van der Waals surface area contributed by atoms with E-state index in [1.165, 1.54) is 12.3 Å². The summed E-state index contributed by atoms with van der Waals surface area (Å²) in [7, 11) is 3.61. The molecule has 0 aromatic carbocycles. The molecule has 1 aromatic rings. The van der Waals surface area contributed by atoms with Crippen LogP contribution in [0.25, 0.3) is 0 Å². The number of ether oxygens (including phenoxy) is 1. The van der Waals surface area contributed by atoms with Gasteiger partial charge in [-0.2, -0.15) is 0 Å². The Morgan fingerprint density at radius 3 is 2.94 bits per heavy atom. The van der Waals surface area contributed by atoms with E-state index in [0.717, 1.165) is 13.1 Å². The Hall–Kier alpha value is -1.66. The van der Waals surface area contributed by atoms with Crippen molar-refractivity contribution in [1.82, 2.24) is 15.2 Å². The SMILES string of the molecule is COCCN(C)CCNC(=O)c1cc[nH]c(=O)c1. The van der Waals surface area contributed by atoms with Gasteiger partial charge in [0.15, 0.2) is 0 Å². The van der Waals surface area contributed by atoms with Crippen LogP contribution >= 0.6 is 0 Å². The van der Waals surface area contributed by atoms with E-state index in [0.29, 0.717) is 18.7 Å². The number of likely N-dealkylation sites (N-methyl/N-ethyl adjacent to an activating group) is 1. The molecule has 0 aliphatic carbocycles. The molecule has 100 valence electrons. The van der Waals surface area contributed by atoms with Crippen molar-refractivity contribution in [3.05, 3.63) is 34.2 Å². The summed E-state index contributed by atoms with van der Waals surface area (Å²) < 4.78 is 4.96. The van der Waals surface area contributed by atoms with E-state index >= 15 is 0 Å². The van der Waals surface area contributed by atoms with Crippen LogP contribution in [0, 0.1) is 0 Å². The predicted molar refractivity (Wildman–Crippen MR) is 68.8 cm³/mol. The van der Waals surface area contributed by atoms with Crippen molar-refractivity contribution in [2.45, 2.75) is 0 Å². The van der Waals surface area contributed by atoms with Gasteiger partial charge in [-0.25, -0.2) is 0 Å². The van der Waals surface area contributed by atoms with E-state index < -0.39 is 0 Å². The average Bonchev–Trinajstić information content (AvgIpc) is 2.36. The van der Waals surface area contributed by atoms with Crippen LogP contribution in [0.1, 0.15) is 10.4 Å².